The third kappa shape index (κ3) is 4.28. The first-order valence-electron chi connectivity index (χ1n) is 18.9. The molecule has 8 aromatic carbocycles. The quantitative estimate of drug-likeness (QED) is 0.184. The number of rotatable bonds is 3. The Morgan fingerprint density at radius 3 is 2.05 bits per heavy atom. The van der Waals surface area contributed by atoms with Crippen LogP contribution in [-0.2, 0) is 5.41 Å². The molecule has 12 rings (SSSR count). The van der Waals surface area contributed by atoms with Crippen molar-refractivity contribution in [2.75, 3.05) is 0 Å². The zero-order chi connectivity index (χ0) is 36.4. The average molecular weight is 704 g/mol. The largest absolute Gasteiger partial charge is 0.455 e. The number of fused-ring (bicyclic) bond motifs is 11. The molecule has 258 valence electrons. The van der Waals surface area contributed by atoms with Gasteiger partial charge in [-0.2, -0.15) is 0 Å². The molecule has 0 radical (unpaired) electrons. The van der Waals surface area contributed by atoms with E-state index in [0.29, 0.717) is 5.95 Å². The van der Waals surface area contributed by atoms with Crippen molar-refractivity contribution in [1.29, 1.82) is 0 Å². The summed E-state index contributed by atoms with van der Waals surface area (Å²) in [5.41, 5.74) is 14.3. The summed E-state index contributed by atoms with van der Waals surface area (Å²) in [5.74, 6) is 0.627. The summed E-state index contributed by atoms with van der Waals surface area (Å²) in [6.45, 7) is 4.69. The van der Waals surface area contributed by atoms with Gasteiger partial charge < -0.3 is 4.42 Å². The Kier molecular flexibility index (Phi) is 6.09. The molecule has 0 unspecified atom stereocenters. The first kappa shape index (κ1) is 30.4. The molecule has 0 atom stereocenters. The van der Waals surface area contributed by atoms with E-state index in [9.17, 15) is 0 Å². The standard InChI is InChI=1S/C51H33N3O/c1-51(2)42-19-8-5-14-34(42)35-24-22-33(28-43(35)51)32-23-25-45-40(27-32)41-26-30-12-3-4-13-31(30)29-46(41)54(45)50-52-44-20-9-6-16-38(44)48(53-50)39-18-11-17-37-36-15-7-10-21-47(36)55-49(37)39/h3-29H,1-2H3. The van der Waals surface area contributed by atoms with Crippen LogP contribution in [0.1, 0.15) is 25.0 Å². The second kappa shape index (κ2) is 11.0. The lowest BCUT2D eigenvalue weighted by atomic mass is 9.81. The van der Waals surface area contributed by atoms with E-state index in [1.54, 1.807) is 0 Å². The summed E-state index contributed by atoms with van der Waals surface area (Å²) in [4.78, 5) is 10.7. The highest BCUT2D eigenvalue weighted by atomic mass is 16.3. The number of nitrogens with zero attached hydrogens (tertiary/aromatic N) is 3. The summed E-state index contributed by atoms with van der Waals surface area (Å²) >= 11 is 0. The van der Waals surface area contributed by atoms with Crippen molar-refractivity contribution in [2.24, 2.45) is 0 Å². The van der Waals surface area contributed by atoms with Crippen LogP contribution in [-0.4, -0.2) is 14.5 Å². The van der Waals surface area contributed by atoms with Gasteiger partial charge >= 0.3 is 0 Å². The zero-order valence-corrected chi connectivity index (χ0v) is 30.3. The second-order valence-corrected chi connectivity index (χ2v) is 15.4. The molecule has 0 spiro atoms. The first-order chi connectivity index (χ1) is 27.0. The minimum absolute atomic E-state index is 0.0706. The van der Waals surface area contributed by atoms with Gasteiger partial charge in [-0.1, -0.05) is 129 Å². The van der Waals surface area contributed by atoms with Crippen molar-refractivity contribution in [2.45, 2.75) is 19.3 Å². The number of aromatic nitrogens is 3. The van der Waals surface area contributed by atoms with Crippen molar-refractivity contribution in [1.82, 2.24) is 14.5 Å². The predicted molar refractivity (Wildman–Crippen MR) is 227 cm³/mol. The van der Waals surface area contributed by atoms with E-state index in [-0.39, 0.29) is 5.41 Å². The maximum Gasteiger partial charge on any atom is 0.235 e. The number of hydrogen-bond donors (Lipinski definition) is 0. The Balaban J connectivity index is 1.11. The number of furan rings is 1. The van der Waals surface area contributed by atoms with E-state index in [1.807, 2.05) is 18.2 Å². The molecular formula is C51H33N3O. The molecule has 0 aliphatic heterocycles. The van der Waals surface area contributed by atoms with Gasteiger partial charge in [-0.15, -0.1) is 0 Å². The molecule has 1 aliphatic carbocycles. The normalized spacial score (nSPS) is 13.4. The second-order valence-electron chi connectivity index (χ2n) is 15.4. The van der Waals surface area contributed by atoms with Gasteiger partial charge in [0.25, 0.3) is 0 Å². The fourth-order valence-electron chi connectivity index (χ4n) is 9.29. The van der Waals surface area contributed by atoms with Gasteiger partial charge in [0.1, 0.15) is 11.2 Å². The molecule has 4 nitrogen and oxygen atoms in total. The van der Waals surface area contributed by atoms with Crippen LogP contribution in [0, 0.1) is 0 Å². The Bertz CT molecular complexity index is 3420. The maximum absolute atomic E-state index is 6.55. The van der Waals surface area contributed by atoms with E-state index in [2.05, 4.69) is 164 Å². The van der Waals surface area contributed by atoms with Crippen molar-refractivity contribution >= 4 is 65.4 Å². The van der Waals surface area contributed by atoms with Gasteiger partial charge in [-0.3, -0.25) is 4.57 Å². The lowest BCUT2D eigenvalue weighted by Crippen LogP contribution is -2.14. The summed E-state index contributed by atoms with van der Waals surface area (Å²) in [6, 6.07) is 58.8. The van der Waals surface area contributed by atoms with Gasteiger partial charge in [-0.25, -0.2) is 9.97 Å². The highest BCUT2D eigenvalue weighted by molar-refractivity contribution is 6.15. The number of para-hydroxylation sites is 3. The fourth-order valence-corrected chi connectivity index (χ4v) is 9.29. The van der Waals surface area contributed by atoms with Crippen LogP contribution in [0.15, 0.2) is 168 Å². The average Bonchev–Trinajstić information content (AvgIpc) is 3.84. The van der Waals surface area contributed by atoms with Crippen molar-refractivity contribution < 1.29 is 4.42 Å². The minimum Gasteiger partial charge on any atom is -0.455 e. The van der Waals surface area contributed by atoms with Crippen molar-refractivity contribution in [3.8, 4) is 39.5 Å². The van der Waals surface area contributed by atoms with Gasteiger partial charge in [0.05, 0.1) is 22.2 Å². The topological polar surface area (TPSA) is 43.9 Å². The highest BCUT2D eigenvalue weighted by Gasteiger charge is 2.35. The van der Waals surface area contributed by atoms with Crippen LogP contribution in [0.5, 0.6) is 0 Å². The Hall–Kier alpha value is -7.04. The summed E-state index contributed by atoms with van der Waals surface area (Å²) < 4.78 is 8.80. The number of hydrogen-bond acceptors (Lipinski definition) is 3. The van der Waals surface area contributed by atoms with E-state index < -0.39 is 0 Å². The molecule has 55 heavy (non-hydrogen) atoms. The van der Waals surface area contributed by atoms with E-state index in [1.165, 1.54) is 54.9 Å². The fraction of sp³-hybridized carbons (Fsp3) is 0.0588. The van der Waals surface area contributed by atoms with Crippen molar-refractivity contribution in [3.05, 3.63) is 175 Å². The monoisotopic (exact) mass is 703 g/mol. The molecule has 3 heterocycles. The molecule has 0 amide bonds. The molecule has 0 saturated heterocycles. The zero-order valence-electron chi connectivity index (χ0n) is 30.3. The SMILES string of the molecule is CC1(C)c2ccccc2-c2ccc(-c3ccc4c(c3)c3cc5ccccc5cc3n4-c3nc(-c4cccc5c4oc4ccccc45)c4ccccc4n3)cc21. The highest BCUT2D eigenvalue weighted by Crippen LogP contribution is 2.50. The van der Waals surface area contributed by atoms with E-state index >= 15 is 0 Å². The van der Waals surface area contributed by atoms with Crippen molar-refractivity contribution in [3.63, 3.8) is 0 Å². The molecular weight excluding hydrogens is 671 g/mol. The van der Waals surface area contributed by atoms with Crippen LogP contribution in [0.25, 0.3) is 105 Å². The van der Waals surface area contributed by atoms with Gasteiger partial charge in [0.15, 0.2) is 0 Å². The van der Waals surface area contributed by atoms with Gasteiger partial charge in [0, 0.05) is 37.9 Å². The Morgan fingerprint density at radius 2 is 1.15 bits per heavy atom. The van der Waals surface area contributed by atoms with E-state index in [0.717, 1.165) is 55.1 Å². The molecule has 11 aromatic rings. The molecule has 0 fully saturated rings. The molecule has 0 N–H and O–H groups in total. The third-order valence-electron chi connectivity index (χ3n) is 12.0. The molecule has 3 aromatic heterocycles. The van der Waals surface area contributed by atoms with Crippen LogP contribution in [0.3, 0.4) is 0 Å². The minimum atomic E-state index is -0.0706. The lowest BCUT2D eigenvalue weighted by molar-refractivity contribution is 0.660. The Labute approximate surface area is 316 Å². The van der Waals surface area contributed by atoms with Crippen LogP contribution >= 0.6 is 0 Å². The molecule has 0 saturated carbocycles. The molecule has 4 heteroatoms. The third-order valence-corrected chi connectivity index (χ3v) is 12.0. The lowest BCUT2D eigenvalue weighted by Gasteiger charge is -2.22. The van der Waals surface area contributed by atoms with Crippen LogP contribution < -0.4 is 0 Å². The smallest absolute Gasteiger partial charge is 0.235 e. The van der Waals surface area contributed by atoms with Gasteiger partial charge in [0.2, 0.25) is 5.95 Å². The summed E-state index contributed by atoms with van der Waals surface area (Å²) in [7, 11) is 0. The van der Waals surface area contributed by atoms with Crippen LogP contribution in [0.2, 0.25) is 0 Å². The maximum atomic E-state index is 6.55. The number of benzene rings is 8. The summed E-state index contributed by atoms with van der Waals surface area (Å²) in [5, 5.41) is 7.86. The van der Waals surface area contributed by atoms with E-state index in [4.69, 9.17) is 14.4 Å². The summed E-state index contributed by atoms with van der Waals surface area (Å²) in [6.07, 6.45) is 0. The predicted octanol–water partition coefficient (Wildman–Crippen LogP) is 13.4. The molecule has 1 aliphatic rings. The Morgan fingerprint density at radius 1 is 0.473 bits per heavy atom. The first-order valence-corrected chi connectivity index (χ1v) is 18.9. The van der Waals surface area contributed by atoms with Gasteiger partial charge in [-0.05, 0) is 92.7 Å². The van der Waals surface area contributed by atoms with Crippen LogP contribution in [0.4, 0.5) is 0 Å². The molecule has 0 bridgehead atoms.